The summed E-state index contributed by atoms with van der Waals surface area (Å²) < 4.78 is 0. The Labute approximate surface area is 96.9 Å². The second-order valence-electron chi connectivity index (χ2n) is 4.36. The molecule has 0 aliphatic carbocycles. The molecular weight excluding hydrogens is 200 g/mol. The van der Waals surface area contributed by atoms with Crippen LogP contribution < -0.4 is 0 Å². The molecule has 4 heteroatoms. The Morgan fingerprint density at radius 1 is 1.00 bits per heavy atom. The molecule has 0 unspecified atom stereocenters. The van der Waals surface area contributed by atoms with Crippen LogP contribution in [0, 0.1) is 11.3 Å². The van der Waals surface area contributed by atoms with Crippen molar-refractivity contribution in [3.63, 3.8) is 0 Å². The fourth-order valence-electron chi connectivity index (χ4n) is 2.14. The third kappa shape index (κ3) is 2.99. The van der Waals surface area contributed by atoms with Crippen LogP contribution in [0.15, 0.2) is 16.9 Å². The molecule has 0 aromatic heterocycles. The summed E-state index contributed by atoms with van der Waals surface area (Å²) >= 11 is 0. The van der Waals surface area contributed by atoms with Gasteiger partial charge in [-0.05, 0) is 25.7 Å². The summed E-state index contributed by atoms with van der Waals surface area (Å²) in [6.07, 6.45) is 8.64. The lowest BCUT2D eigenvalue weighted by Gasteiger charge is -2.11. The first kappa shape index (κ1) is 11.0. The molecule has 0 aromatic rings. The lowest BCUT2D eigenvalue weighted by atomic mass is 10.4. The number of hydrogen-bond acceptors (Lipinski definition) is 3. The smallest absolute Gasteiger partial charge is 0.157 e. The summed E-state index contributed by atoms with van der Waals surface area (Å²) in [5.41, 5.74) is 0.522. The molecule has 2 aliphatic heterocycles. The number of likely N-dealkylation sites (tertiary alicyclic amines) is 2. The summed E-state index contributed by atoms with van der Waals surface area (Å²) in [4.78, 5) is 8.60. The lowest BCUT2D eigenvalue weighted by molar-refractivity contribution is 0.464. The largest absolute Gasteiger partial charge is 0.375 e. The predicted octanol–water partition coefficient (Wildman–Crippen LogP) is 1.57. The fourth-order valence-corrected chi connectivity index (χ4v) is 2.14. The lowest BCUT2D eigenvalue weighted by Crippen LogP contribution is -2.17. The van der Waals surface area contributed by atoms with Gasteiger partial charge in [-0.15, -0.1) is 0 Å². The molecule has 0 N–H and O–H groups in total. The maximum atomic E-state index is 8.98. The van der Waals surface area contributed by atoms with E-state index in [1.54, 1.807) is 0 Å². The van der Waals surface area contributed by atoms with Crippen LogP contribution >= 0.6 is 0 Å². The molecule has 2 fully saturated rings. The predicted molar refractivity (Wildman–Crippen MR) is 63.8 cm³/mol. The summed E-state index contributed by atoms with van der Waals surface area (Å²) in [6.45, 7) is 4.27. The van der Waals surface area contributed by atoms with Crippen LogP contribution in [-0.2, 0) is 0 Å². The van der Waals surface area contributed by atoms with Crippen molar-refractivity contribution in [1.82, 2.24) is 9.80 Å². The van der Waals surface area contributed by atoms with E-state index in [1.165, 1.54) is 25.7 Å². The van der Waals surface area contributed by atoms with Crippen molar-refractivity contribution < 1.29 is 0 Å². The van der Waals surface area contributed by atoms with Gasteiger partial charge in [-0.1, -0.05) is 0 Å². The molecule has 0 aromatic carbocycles. The Bertz CT molecular complexity index is 314. The minimum absolute atomic E-state index is 0.522. The molecule has 0 saturated carbocycles. The zero-order valence-corrected chi connectivity index (χ0v) is 9.60. The average molecular weight is 218 g/mol. The van der Waals surface area contributed by atoms with Crippen LogP contribution in [0.2, 0.25) is 0 Å². The maximum Gasteiger partial charge on any atom is 0.157 e. The molecule has 0 amide bonds. The number of hydrogen-bond donors (Lipinski definition) is 0. The standard InChI is InChI=1S/C12H18N4/c13-9-12(10-15-5-1-2-6-15)14-11-16-7-3-4-8-16/h10-11H,1-8H2/b12-10+,14-11?. The van der Waals surface area contributed by atoms with E-state index in [0.29, 0.717) is 5.70 Å². The van der Waals surface area contributed by atoms with E-state index in [4.69, 9.17) is 5.26 Å². The van der Waals surface area contributed by atoms with Gasteiger partial charge in [0.1, 0.15) is 6.07 Å². The van der Waals surface area contributed by atoms with E-state index in [9.17, 15) is 0 Å². The van der Waals surface area contributed by atoms with Crippen molar-refractivity contribution in [3.05, 3.63) is 11.9 Å². The Balaban J connectivity index is 1.91. The second-order valence-corrected chi connectivity index (χ2v) is 4.36. The first-order chi connectivity index (χ1) is 7.88. The van der Waals surface area contributed by atoms with Gasteiger partial charge in [0.2, 0.25) is 0 Å². The highest BCUT2D eigenvalue weighted by atomic mass is 15.2. The van der Waals surface area contributed by atoms with Crippen LogP contribution in [0.3, 0.4) is 0 Å². The van der Waals surface area contributed by atoms with Gasteiger partial charge in [-0.2, -0.15) is 5.26 Å². The van der Waals surface area contributed by atoms with Crippen LogP contribution in [0.1, 0.15) is 25.7 Å². The van der Waals surface area contributed by atoms with Crippen molar-refractivity contribution in [2.45, 2.75) is 25.7 Å². The van der Waals surface area contributed by atoms with E-state index < -0.39 is 0 Å². The van der Waals surface area contributed by atoms with Crippen molar-refractivity contribution >= 4 is 6.34 Å². The van der Waals surface area contributed by atoms with Gasteiger partial charge >= 0.3 is 0 Å². The third-order valence-electron chi connectivity index (χ3n) is 3.06. The van der Waals surface area contributed by atoms with E-state index in [-0.39, 0.29) is 0 Å². The monoisotopic (exact) mass is 218 g/mol. The zero-order chi connectivity index (χ0) is 11.2. The minimum atomic E-state index is 0.522. The van der Waals surface area contributed by atoms with E-state index in [1.807, 2.05) is 12.5 Å². The summed E-state index contributed by atoms with van der Waals surface area (Å²) in [7, 11) is 0. The van der Waals surface area contributed by atoms with E-state index >= 15 is 0 Å². The Hall–Kier alpha value is -1.50. The number of nitriles is 1. The number of allylic oxidation sites excluding steroid dienone is 1. The van der Waals surface area contributed by atoms with Crippen LogP contribution in [0.4, 0.5) is 0 Å². The first-order valence-electron chi connectivity index (χ1n) is 6.03. The summed E-state index contributed by atoms with van der Waals surface area (Å²) in [5, 5.41) is 8.98. The summed E-state index contributed by atoms with van der Waals surface area (Å²) in [5.74, 6) is 0. The third-order valence-corrected chi connectivity index (χ3v) is 3.06. The Morgan fingerprint density at radius 3 is 2.12 bits per heavy atom. The highest BCUT2D eigenvalue weighted by molar-refractivity contribution is 5.58. The topological polar surface area (TPSA) is 42.6 Å². The first-order valence-corrected chi connectivity index (χ1v) is 6.03. The molecule has 2 saturated heterocycles. The van der Waals surface area contributed by atoms with Crippen molar-refractivity contribution in [2.75, 3.05) is 26.2 Å². The molecule has 0 radical (unpaired) electrons. The van der Waals surface area contributed by atoms with Gasteiger partial charge in [-0.25, -0.2) is 4.99 Å². The summed E-state index contributed by atoms with van der Waals surface area (Å²) in [6, 6.07) is 2.15. The van der Waals surface area contributed by atoms with Gasteiger partial charge in [0.15, 0.2) is 5.70 Å². The van der Waals surface area contributed by atoms with E-state index in [0.717, 1.165) is 26.2 Å². The highest BCUT2D eigenvalue weighted by Crippen LogP contribution is 2.10. The fraction of sp³-hybridized carbons (Fsp3) is 0.667. The van der Waals surface area contributed by atoms with Gasteiger partial charge in [0.05, 0.1) is 6.34 Å². The van der Waals surface area contributed by atoms with Crippen LogP contribution in [0.25, 0.3) is 0 Å². The van der Waals surface area contributed by atoms with E-state index in [2.05, 4.69) is 20.9 Å². The van der Waals surface area contributed by atoms with Crippen LogP contribution in [0.5, 0.6) is 0 Å². The maximum absolute atomic E-state index is 8.98. The normalized spacial score (nSPS) is 22.1. The molecule has 2 rings (SSSR count). The Kier molecular flexibility index (Phi) is 3.81. The molecule has 86 valence electrons. The molecule has 0 spiro atoms. The SMILES string of the molecule is N#C/C(=C\N1CCCC1)N=CN1CCCC1. The highest BCUT2D eigenvalue weighted by Gasteiger charge is 2.09. The van der Waals surface area contributed by atoms with Gasteiger partial charge in [0, 0.05) is 32.4 Å². The number of rotatable bonds is 3. The quantitative estimate of drug-likeness (QED) is 0.410. The van der Waals surface area contributed by atoms with Gasteiger partial charge < -0.3 is 9.80 Å². The van der Waals surface area contributed by atoms with Crippen molar-refractivity contribution in [2.24, 2.45) is 4.99 Å². The molecule has 4 nitrogen and oxygen atoms in total. The zero-order valence-electron chi connectivity index (χ0n) is 9.60. The minimum Gasteiger partial charge on any atom is -0.375 e. The molecule has 2 heterocycles. The molecule has 0 bridgehead atoms. The molecule has 0 atom stereocenters. The van der Waals surface area contributed by atoms with Crippen LogP contribution in [-0.4, -0.2) is 42.3 Å². The Morgan fingerprint density at radius 2 is 1.56 bits per heavy atom. The van der Waals surface area contributed by atoms with Gasteiger partial charge in [0.25, 0.3) is 0 Å². The average Bonchev–Trinajstić information content (AvgIpc) is 2.97. The van der Waals surface area contributed by atoms with Gasteiger partial charge in [-0.3, -0.25) is 0 Å². The second kappa shape index (κ2) is 5.55. The van der Waals surface area contributed by atoms with Crippen molar-refractivity contribution in [1.29, 1.82) is 5.26 Å². The van der Waals surface area contributed by atoms with Crippen molar-refractivity contribution in [3.8, 4) is 6.07 Å². The molecule has 16 heavy (non-hydrogen) atoms. The number of aliphatic imine (C=N–C) groups is 1. The number of nitrogens with zero attached hydrogens (tertiary/aromatic N) is 4. The molecule has 2 aliphatic rings. The molecular formula is C12H18N4.